The molecular formula is C18H15NO3. The van der Waals surface area contributed by atoms with Gasteiger partial charge in [-0.15, -0.1) is 0 Å². The van der Waals surface area contributed by atoms with Crippen LogP contribution in [0.15, 0.2) is 54.1 Å². The lowest BCUT2D eigenvalue weighted by molar-refractivity contribution is -0.130. The van der Waals surface area contributed by atoms with Crippen LogP contribution in [0.3, 0.4) is 0 Å². The summed E-state index contributed by atoms with van der Waals surface area (Å²) in [5, 5.41) is 0. The summed E-state index contributed by atoms with van der Waals surface area (Å²) in [5.41, 5.74) is 2.30. The Hall–Kier alpha value is -2.88. The van der Waals surface area contributed by atoms with E-state index in [2.05, 4.69) is 0 Å². The second-order valence-corrected chi connectivity index (χ2v) is 5.26. The van der Waals surface area contributed by atoms with E-state index >= 15 is 0 Å². The number of nitrogens with zero attached hydrogens (tertiary/aromatic N) is 1. The molecule has 0 aliphatic carbocycles. The zero-order chi connectivity index (χ0) is 15.7. The average Bonchev–Trinajstić information content (AvgIpc) is 2.52. The van der Waals surface area contributed by atoms with Gasteiger partial charge in [0, 0.05) is 19.8 Å². The summed E-state index contributed by atoms with van der Waals surface area (Å²) in [4.78, 5) is 26.4. The Balaban J connectivity index is 1.97. The van der Waals surface area contributed by atoms with Crippen molar-refractivity contribution >= 4 is 23.5 Å². The first-order chi connectivity index (χ1) is 10.6. The standard InChI is InChI=1S/C18H15NO3/c1-19(2)13-9-7-12(8-10-13)11-15-17(20)14-5-3-4-6-16(14)22-18(15)21/h3-11H,1-2H3/b15-11+. The highest BCUT2D eigenvalue weighted by Gasteiger charge is 2.30. The topological polar surface area (TPSA) is 46.6 Å². The number of hydrogen-bond acceptors (Lipinski definition) is 4. The molecule has 1 aliphatic heterocycles. The first-order valence-electron chi connectivity index (χ1n) is 6.91. The predicted molar refractivity (Wildman–Crippen MR) is 85.2 cm³/mol. The third-order valence-corrected chi connectivity index (χ3v) is 3.52. The number of ether oxygens (including phenoxy) is 1. The highest BCUT2D eigenvalue weighted by Crippen LogP contribution is 2.28. The summed E-state index contributed by atoms with van der Waals surface area (Å²) in [7, 11) is 3.90. The molecule has 0 saturated heterocycles. The van der Waals surface area contributed by atoms with Gasteiger partial charge in [0.05, 0.1) is 5.56 Å². The fraction of sp³-hybridized carbons (Fsp3) is 0.111. The van der Waals surface area contributed by atoms with Crippen molar-refractivity contribution < 1.29 is 14.3 Å². The number of carbonyl (C=O) groups excluding carboxylic acids is 2. The van der Waals surface area contributed by atoms with Crippen LogP contribution in [0.2, 0.25) is 0 Å². The molecule has 4 heteroatoms. The van der Waals surface area contributed by atoms with E-state index in [1.807, 2.05) is 43.3 Å². The van der Waals surface area contributed by atoms with Gasteiger partial charge >= 0.3 is 5.97 Å². The Bertz CT molecular complexity index is 773. The first-order valence-corrected chi connectivity index (χ1v) is 6.91. The summed E-state index contributed by atoms with van der Waals surface area (Å²) in [5.74, 6) is -0.596. The van der Waals surface area contributed by atoms with Crippen LogP contribution in [-0.2, 0) is 4.79 Å². The fourth-order valence-electron chi connectivity index (χ4n) is 2.30. The highest BCUT2D eigenvalue weighted by molar-refractivity contribution is 6.30. The fourth-order valence-corrected chi connectivity index (χ4v) is 2.30. The lowest BCUT2D eigenvalue weighted by Gasteiger charge is -2.16. The molecule has 0 bridgehead atoms. The van der Waals surface area contributed by atoms with Crippen LogP contribution in [0.4, 0.5) is 5.69 Å². The van der Waals surface area contributed by atoms with E-state index in [9.17, 15) is 9.59 Å². The van der Waals surface area contributed by atoms with Crippen LogP contribution < -0.4 is 9.64 Å². The van der Waals surface area contributed by atoms with Crippen LogP contribution in [0.25, 0.3) is 6.08 Å². The Morgan fingerprint density at radius 2 is 1.64 bits per heavy atom. The number of benzene rings is 2. The van der Waals surface area contributed by atoms with E-state index in [4.69, 9.17) is 4.74 Å². The maximum absolute atomic E-state index is 12.4. The van der Waals surface area contributed by atoms with E-state index in [0.717, 1.165) is 11.3 Å². The van der Waals surface area contributed by atoms with Crippen LogP contribution in [-0.4, -0.2) is 25.8 Å². The normalized spacial score (nSPS) is 15.5. The maximum Gasteiger partial charge on any atom is 0.347 e. The van der Waals surface area contributed by atoms with Gasteiger partial charge in [-0.3, -0.25) is 4.79 Å². The summed E-state index contributed by atoms with van der Waals surface area (Å²) in [6, 6.07) is 14.3. The number of carbonyl (C=O) groups is 2. The molecule has 1 aliphatic rings. The van der Waals surface area contributed by atoms with Gasteiger partial charge in [-0.25, -0.2) is 4.79 Å². The molecule has 0 fully saturated rings. The molecule has 0 amide bonds. The third-order valence-electron chi connectivity index (χ3n) is 3.52. The van der Waals surface area contributed by atoms with E-state index < -0.39 is 5.97 Å². The number of fused-ring (bicyclic) bond motifs is 1. The van der Waals surface area contributed by atoms with Crippen molar-refractivity contribution in [3.63, 3.8) is 0 Å². The molecule has 0 saturated carbocycles. The number of para-hydroxylation sites is 1. The minimum atomic E-state index is -0.611. The van der Waals surface area contributed by atoms with Crippen LogP contribution in [0.1, 0.15) is 15.9 Å². The van der Waals surface area contributed by atoms with Crippen molar-refractivity contribution in [2.24, 2.45) is 0 Å². The van der Waals surface area contributed by atoms with E-state index in [0.29, 0.717) is 11.3 Å². The Morgan fingerprint density at radius 3 is 2.32 bits per heavy atom. The number of Topliss-reactive ketones (excluding diaryl/α,β-unsaturated/α-hetero) is 1. The summed E-state index contributed by atoms with van der Waals surface area (Å²) >= 11 is 0. The van der Waals surface area contributed by atoms with Crippen LogP contribution in [0.5, 0.6) is 5.75 Å². The number of rotatable bonds is 2. The average molecular weight is 293 g/mol. The van der Waals surface area contributed by atoms with E-state index in [1.54, 1.807) is 30.3 Å². The minimum absolute atomic E-state index is 0.0521. The molecule has 3 rings (SSSR count). The van der Waals surface area contributed by atoms with Gasteiger partial charge in [-0.05, 0) is 35.9 Å². The molecule has 0 atom stereocenters. The summed E-state index contributed by atoms with van der Waals surface area (Å²) in [6.07, 6.45) is 1.57. The van der Waals surface area contributed by atoms with E-state index in [-0.39, 0.29) is 11.4 Å². The van der Waals surface area contributed by atoms with Gasteiger partial charge in [0.15, 0.2) is 0 Å². The molecule has 0 spiro atoms. The molecule has 1 heterocycles. The van der Waals surface area contributed by atoms with Crippen molar-refractivity contribution in [2.45, 2.75) is 0 Å². The zero-order valence-corrected chi connectivity index (χ0v) is 12.4. The van der Waals surface area contributed by atoms with Gasteiger partial charge < -0.3 is 9.64 Å². The molecule has 0 unspecified atom stereocenters. The highest BCUT2D eigenvalue weighted by atomic mass is 16.5. The van der Waals surface area contributed by atoms with Gasteiger partial charge in [0.2, 0.25) is 5.78 Å². The number of ketones is 1. The van der Waals surface area contributed by atoms with Gasteiger partial charge in [0.1, 0.15) is 11.3 Å². The molecule has 2 aromatic rings. The maximum atomic E-state index is 12.4. The van der Waals surface area contributed by atoms with Crippen molar-refractivity contribution in [2.75, 3.05) is 19.0 Å². The minimum Gasteiger partial charge on any atom is -0.422 e. The molecule has 4 nitrogen and oxygen atoms in total. The number of hydrogen-bond donors (Lipinski definition) is 0. The molecule has 110 valence electrons. The van der Waals surface area contributed by atoms with Crippen molar-refractivity contribution in [1.82, 2.24) is 0 Å². The SMILES string of the molecule is CN(C)c1ccc(/C=C2/C(=O)Oc3ccccc3C2=O)cc1. The largest absolute Gasteiger partial charge is 0.422 e. The smallest absolute Gasteiger partial charge is 0.347 e. The molecule has 0 aromatic heterocycles. The Morgan fingerprint density at radius 1 is 0.955 bits per heavy atom. The van der Waals surface area contributed by atoms with Gasteiger partial charge in [-0.2, -0.15) is 0 Å². The monoisotopic (exact) mass is 293 g/mol. The van der Waals surface area contributed by atoms with Gasteiger partial charge in [0.25, 0.3) is 0 Å². The van der Waals surface area contributed by atoms with Gasteiger partial charge in [-0.1, -0.05) is 24.3 Å². The third kappa shape index (κ3) is 2.51. The Kier molecular flexibility index (Phi) is 3.51. The molecule has 22 heavy (non-hydrogen) atoms. The van der Waals surface area contributed by atoms with Crippen molar-refractivity contribution in [1.29, 1.82) is 0 Å². The van der Waals surface area contributed by atoms with Crippen LogP contribution in [0, 0.1) is 0 Å². The quantitative estimate of drug-likeness (QED) is 0.370. The molecule has 0 N–H and O–H groups in total. The van der Waals surface area contributed by atoms with Crippen molar-refractivity contribution in [3.05, 3.63) is 65.2 Å². The molecular weight excluding hydrogens is 278 g/mol. The van der Waals surface area contributed by atoms with Crippen LogP contribution >= 0.6 is 0 Å². The lowest BCUT2D eigenvalue weighted by Crippen LogP contribution is -2.24. The summed E-state index contributed by atoms with van der Waals surface area (Å²) in [6.45, 7) is 0. The molecule has 0 radical (unpaired) electrons. The predicted octanol–water partition coefficient (Wildman–Crippen LogP) is 2.94. The second kappa shape index (κ2) is 5.48. The van der Waals surface area contributed by atoms with E-state index in [1.165, 1.54) is 0 Å². The number of esters is 1. The van der Waals surface area contributed by atoms with Crippen molar-refractivity contribution in [3.8, 4) is 5.75 Å². The first kappa shape index (κ1) is 14.1. The lowest BCUT2D eigenvalue weighted by atomic mass is 9.98. The number of anilines is 1. The zero-order valence-electron chi connectivity index (χ0n) is 12.4. The summed E-state index contributed by atoms with van der Waals surface area (Å²) < 4.78 is 5.21. The molecule has 2 aromatic carbocycles. The second-order valence-electron chi connectivity index (χ2n) is 5.26. The Labute approximate surface area is 128 Å².